The van der Waals surface area contributed by atoms with Crippen LogP contribution in [-0.2, 0) is 22.4 Å². The lowest BCUT2D eigenvalue weighted by Gasteiger charge is -2.10. The summed E-state index contributed by atoms with van der Waals surface area (Å²) in [6.45, 7) is 11.3. The Kier molecular flexibility index (Phi) is 9.78. The van der Waals surface area contributed by atoms with Crippen LogP contribution in [-0.4, -0.2) is 25.2 Å². The lowest BCUT2D eigenvalue weighted by Crippen LogP contribution is -2.29. The van der Waals surface area contributed by atoms with E-state index in [-0.39, 0.29) is 18.1 Å². The van der Waals surface area contributed by atoms with Crippen molar-refractivity contribution in [3.05, 3.63) is 124 Å². The molecule has 3 aromatic carbocycles. The molecule has 2 amide bonds. The molecule has 4 N–H and O–H groups in total. The second-order valence-electron chi connectivity index (χ2n) is 9.86. The molecule has 0 aliphatic rings. The number of allylic oxidation sites excluding steroid dienone is 1. The Morgan fingerprint density at radius 3 is 2.05 bits per heavy atom. The molecule has 0 radical (unpaired) electrons. The highest BCUT2D eigenvalue weighted by Gasteiger charge is 2.14. The van der Waals surface area contributed by atoms with Crippen LogP contribution in [0.15, 0.2) is 106 Å². The van der Waals surface area contributed by atoms with Crippen LogP contribution in [0.3, 0.4) is 0 Å². The second kappa shape index (κ2) is 13.8. The van der Waals surface area contributed by atoms with Gasteiger partial charge in [0.2, 0.25) is 5.91 Å². The van der Waals surface area contributed by atoms with Crippen LogP contribution in [0.4, 0.5) is 17.1 Å². The molecule has 0 aliphatic heterocycles. The summed E-state index contributed by atoms with van der Waals surface area (Å²) in [5.41, 5.74) is 4.41. The number of rotatable bonds is 13. The fourth-order valence-electron chi connectivity index (χ4n) is 4.03. The molecule has 0 aliphatic carbocycles. The van der Waals surface area contributed by atoms with Crippen molar-refractivity contribution in [2.24, 2.45) is 0 Å². The first-order chi connectivity index (χ1) is 20.2. The summed E-state index contributed by atoms with van der Waals surface area (Å²) in [6, 6.07) is 22.4. The molecule has 0 unspecified atom stereocenters. The summed E-state index contributed by atoms with van der Waals surface area (Å²) < 4.78 is 10.7. The van der Waals surface area contributed by atoms with E-state index in [4.69, 9.17) is 9.15 Å². The van der Waals surface area contributed by atoms with Gasteiger partial charge in [-0.25, -0.2) is 4.79 Å². The fourth-order valence-corrected chi connectivity index (χ4v) is 4.03. The summed E-state index contributed by atoms with van der Waals surface area (Å²) >= 11 is 0. The molecule has 4 rings (SSSR count). The van der Waals surface area contributed by atoms with Crippen molar-refractivity contribution in [2.75, 3.05) is 29.3 Å². The Morgan fingerprint density at radius 2 is 1.43 bits per heavy atom. The van der Waals surface area contributed by atoms with Gasteiger partial charge in [0, 0.05) is 34.1 Å². The highest BCUT2D eigenvalue weighted by atomic mass is 16.5. The first kappa shape index (κ1) is 29.7. The van der Waals surface area contributed by atoms with Crippen LogP contribution >= 0.6 is 0 Å². The number of aryl methyl sites for hydroxylation is 2. The summed E-state index contributed by atoms with van der Waals surface area (Å²) in [5.74, 6) is -0.150. The molecule has 1 heterocycles. The average molecular weight is 567 g/mol. The Labute approximate surface area is 244 Å². The smallest absolute Gasteiger partial charge is 0.349 e. The topological polar surface area (TPSA) is 122 Å². The zero-order chi connectivity index (χ0) is 30.1. The molecule has 0 bridgehead atoms. The molecule has 0 fully saturated rings. The number of nitrogens with one attached hydrogen (secondary N) is 4. The number of carbonyl (C=O) groups is 2. The minimum atomic E-state index is -0.742. The van der Waals surface area contributed by atoms with Crippen molar-refractivity contribution < 1.29 is 18.7 Å². The Morgan fingerprint density at radius 1 is 0.810 bits per heavy atom. The Hall–Kier alpha value is -5.31. The number of hydrogen-bond donors (Lipinski definition) is 4. The lowest BCUT2D eigenvalue weighted by atomic mass is 10.0. The van der Waals surface area contributed by atoms with Crippen LogP contribution in [0.1, 0.15) is 35.3 Å². The van der Waals surface area contributed by atoms with Crippen molar-refractivity contribution in [1.29, 1.82) is 0 Å². The SMILES string of the molecule is C=C(C)OCNc1ccc(CCc2ccc(NC(=O)c3cc4ccc(NCNC(=O)C(=C)C)cc4oc3=O)cc2)cc1. The minimum absolute atomic E-state index is 0.0925. The van der Waals surface area contributed by atoms with Crippen LogP contribution in [0, 0.1) is 0 Å². The number of anilines is 3. The van der Waals surface area contributed by atoms with Gasteiger partial charge in [0.05, 0.1) is 12.4 Å². The number of hydrogen-bond acceptors (Lipinski definition) is 7. The first-order valence-corrected chi connectivity index (χ1v) is 13.4. The Balaban J connectivity index is 1.31. The van der Waals surface area contributed by atoms with Gasteiger partial charge in [0.25, 0.3) is 5.91 Å². The molecule has 0 atom stereocenters. The van der Waals surface area contributed by atoms with Crippen molar-refractivity contribution in [3.63, 3.8) is 0 Å². The number of fused-ring (bicyclic) bond motifs is 1. The van der Waals surface area contributed by atoms with Gasteiger partial charge in [0.15, 0.2) is 6.73 Å². The van der Waals surface area contributed by atoms with Crippen molar-refractivity contribution >= 4 is 39.8 Å². The number of ether oxygens (including phenoxy) is 1. The van der Waals surface area contributed by atoms with E-state index in [0.717, 1.165) is 24.1 Å². The molecular weight excluding hydrogens is 532 g/mol. The predicted octanol–water partition coefficient (Wildman–Crippen LogP) is 5.81. The van der Waals surface area contributed by atoms with Gasteiger partial charge in [-0.1, -0.05) is 37.4 Å². The normalized spacial score (nSPS) is 10.5. The molecular formula is C33H34N4O5. The molecule has 1 aromatic heterocycles. The predicted molar refractivity (Wildman–Crippen MR) is 167 cm³/mol. The zero-order valence-electron chi connectivity index (χ0n) is 23.7. The van der Waals surface area contributed by atoms with Gasteiger partial charge >= 0.3 is 5.63 Å². The van der Waals surface area contributed by atoms with E-state index in [1.165, 1.54) is 11.6 Å². The van der Waals surface area contributed by atoms with Crippen molar-refractivity contribution in [3.8, 4) is 0 Å². The van der Waals surface area contributed by atoms with E-state index in [1.807, 2.05) is 43.3 Å². The summed E-state index contributed by atoms with van der Waals surface area (Å²) in [5, 5.41) is 12.2. The monoisotopic (exact) mass is 566 g/mol. The van der Waals surface area contributed by atoms with E-state index >= 15 is 0 Å². The summed E-state index contributed by atoms with van der Waals surface area (Å²) in [7, 11) is 0. The van der Waals surface area contributed by atoms with E-state index in [1.54, 1.807) is 25.1 Å². The van der Waals surface area contributed by atoms with Crippen LogP contribution in [0.25, 0.3) is 11.0 Å². The van der Waals surface area contributed by atoms with Gasteiger partial charge in [-0.05, 0) is 80.3 Å². The third-order valence-electron chi connectivity index (χ3n) is 6.37. The lowest BCUT2D eigenvalue weighted by molar-refractivity contribution is -0.117. The number of carbonyl (C=O) groups excluding carboxylic acids is 2. The molecule has 4 aromatic rings. The summed E-state index contributed by atoms with van der Waals surface area (Å²) in [6.07, 6.45) is 1.71. The third-order valence-corrected chi connectivity index (χ3v) is 6.37. The van der Waals surface area contributed by atoms with Crippen molar-refractivity contribution in [1.82, 2.24) is 5.32 Å². The largest absolute Gasteiger partial charge is 0.479 e. The van der Waals surface area contributed by atoms with E-state index in [2.05, 4.69) is 46.6 Å². The minimum Gasteiger partial charge on any atom is -0.479 e. The van der Waals surface area contributed by atoms with Crippen molar-refractivity contribution in [2.45, 2.75) is 26.7 Å². The zero-order valence-corrected chi connectivity index (χ0v) is 23.7. The highest BCUT2D eigenvalue weighted by Crippen LogP contribution is 2.20. The molecule has 216 valence electrons. The molecule has 0 saturated carbocycles. The van der Waals surface area contributed by atoms with Gasteiger partial charge in [-0.15, -0.1) is 0 Å². The molecule has 9 nitrogen and oxygen atoms in total. The van der Waals surface area contributed by atoms with E-state index < -0.39 is 11.5 Å². The Bertz CT molecular complexity index is 1660. The highest BCUT2D eigenvalue weighted by molar-refractivity contribution is 6.05. The standard InChI is InChI=1S/C33H34N4O5/c1-21(2)31(38)35-19-34-28-16-11-25-17-29(33(40)42-30(25)18-28)32(39)37-27-14-9-24(10-15-27)6-5-23-7-12-26(13-8-23)36-20-41-22(3)4/h7-18,34,36H,1,3,5-6,19-20H2,2,4H3,(H,35,38)(H,37,39). The maximum atomic E-state index is 12.9. The van der Waals surface area contributed by atoms with E-state index in [0.29, 0.717) is 40.4 Å². The number of benzene rings is 3. The first-order valence-electron chi connectivity index (χ1n) is 13.4. The molecule has 9 heteroatoms. The molecule has 0 spiro atoms. The molecule has 42 heavy (non-hydrogen) atoms. The molecule has 0 saturated heterocycles. The van der Waals surface area contributed by atoms with E-state index in [9.17, 15) is 14.4 Å². The quantitative estimate of drug-likeness (QED) is 0.0697. The fraction of sp³-hybridized carbons (Fsp3) is 0.182. The van der Waals surface area contributed by atoms with Gasteiger partial charge in [-0.2, -0.15) is 0 Å². The van der Waals surface area contributed by atoms with Gasteiger partial charge in [0.1, 0.15) is 11.1 Å². The van der Waals surface area contributed by atoms with Gasteiger partial charge < -0.3 is 30.4 Å². The maximum absolute atomic E-state index is 12.9. The van der Waals surface area contributed by atoms with Crippen LogP contribution in [0.2, 0.25) is 0 Å². The number of amides is 2. The van der Waals surface area contributed by atoms with Crippen LogP contribution < -0.4 is 26.9 Å². The second-order valence-corrected chi connectivity index (χ2v) is 9.86. The third kappa shape index (κ3) is 8.34. The summed E-state index contributed by atoms with van der Waals surface area (Å²) in [4.78, 5) is 37.1. The van der Waals surface area contributed by atoms with Gasteiger partial charge in [-0.3, -0.25) is 9.59 Å². The van der Waals surface area contributed by atoms with Crippen LogP contribution in [0.5, 0.6) is 0 Å². The average Bonchev–Trinajstić information content (AvgIpc) is 2.96. The maximum Gasteiger partial charge on any atom is 0.349 e.